The molecule has 3 aliphatic rings. The van der Waals surface area contributed by atoms with Gasteiger partial charge in [-0.15, -0.1) is 10.2 Å². The van der Waals surface area contributed by atoms with Crippen LogP contribution in [0.5, 0.6) is 5.75 Å². The zero-order valence-corrected chi connectivity index (χ0v) is 18.3. The summed E-state index contributed by atoms with van der Waals surface area (Å²) >= 11 is 1.81. The maximum absolute atomic E-state index is 5.77. The van der Waals surface area contributed by atoms with Gasteiger partial charge in [0.1, 0.15) is 15.8 Å². The van der Waals surface area contributed by atoms with Crippen molar-refractivity contribution in [3.63, 3.8) is 0 Å². The average molecular weight is 413 g/mol. The van der Waals surface area contributed by atoms with E-state index >= 15 is 0 Å². The van der Waals surface area contributed by atoms with Crippen LogP contribution in [0.15, 0.2) is 18.2 Å². The van der Waals surface area contributed by atoms with E-state index < -0.39 is 0 Å². The van der Waals surface area contributed by atoms with Gasteiger partial charge in [0.2, 0.25) is 0 Å². The number of hydrogen-bond donors (Lipinski definition) is 0. The first kappa shape index (κ1) is 19.3. The number of nitrogens with zero attached hydrogens (tertiary/aromatic N) is 4. The first-order chi connectivity index (χ1) is 14.3. The van der Waals surface area contributed by atoms with Gasteiger partial charge in [-0.2, -0.15) is 0 Å². The highest BCUT2D eigenvalue weighted by Gasteiger charge is 2.35. The highest BCUT2D eigenvalue weighted by atomic mass is 32.1. The SMILES string of the molecule is COc1cccc2c1N(CC1CCCCC1)CC2c1nnc(CN2CCCC2)s1. The largest absolute Gasteiger partial charge is 0.495 e. The monoisotopic (exact) mass is 412 g/mol. The number of hydrogen-bond acceptors (Lipinski definition) is 6. The Bertz CT molecular complexity index is 826. The second kappa shape index (κ2) is 8.60. The van der Waals surface area contributed by atoms with Gasteiger partial charge < -0.3 is 9.64 Å². The number of fused-ring (bicyclic) bond motifs is 1. The predicted octanol–water partition coefficient (Wildman–Crippen LogP) is 4.67. The summed E-state index contributed by atoms with van der Waals surface area (Å²) in [6, 6.07) is 6.50. The fourth-order valence-electron chi connectivity index (χ4n) is 5.40. The molecule has 1 saturated carbocycles. The van der Waals surface area contributed by atoms with Gasteiger partial charge in [0.05, 0.1) is 25.3 Å². The van der Waals surface area contributed by atoms with E-state index in [2.05, 4.69) is 38.2 Å². The van der Waals surface area contributed by atoms with E-state index in [0.29, 0.717) is 5.92 Å². The van der Waals surface area contributed by atoms with Gasteiger partial charge in [-0.25, -0.2) is 0 Å². The number of rotatable bonds is 6. The highest BCUT2D eigenvalue weighted by molar-refractivity contribution is 7.11. The molecule has 1 unspecified atom stereocenters. The molecule has 0 spiro atoms. The molecule has 5 nitrogen and oxygen atoms in total. The average Bonchev–Trinajstić information content (AvgIpc) is 3.50. The summed E-state index contributed by atoms with van der Waals surface area (Å²) in [4.78, 5) is 5.08. The van der Waals surface area contributed by atoms with Crippen molar-refractivity contribution in [2.45, 2.75) is 57.4 Å². The molecule has 29 heavy (non-hydrogen) atoms. The molecule has 2 aromatic rings. The number of aromatic nitrogens is 2. The Balaban J connectivity index is 1.39. The van der Waals surface area contributed by atoms with E-state index in [1.165, 1.54) is 74.3 Å². The van der Waals surface area contributed by atoms with Crippen molar-refractivity contribution in [1.29, 1.82) is 0 Å². The zero-order valence-electron chi connectivity index (χ0n) is 17.5. The molecule has 0 bridgehead atoms. The third-order valence-electron chi connectivity index (χ3n) is 6.89. The van der Waals surface area contributed by atoms with E-state index in [-0.39, 0.29) is 0 Å². The van der Waals surface area contributed by atoms with Crippen molar-refractivity contribution < 1.29 is 4.74 Å². The zero-order chi connectivity index (χ0) is 19.6. The molecular formula is C23H32N4OS. The van der Waals surface area contributed by atoms with Crippen molar-refractivity contribution in [2.24, 2.45) is 5.92 Å². The maximum atomic E-state index is 5.77. The molecular weight excluding hydrogens is 380 g/mol. The van der Waals surface area contributed by atoms with Crippen LogP contribution in [-0.2, 0) is 6.54 Å². The molecule has 6 heteroatoms. The minimum absolute atomic E-state index is 0.313. The lowest BCUT2D eigenvalue weighted by Crippen LogP contribution is -2.30. The van der Waals surface area contributed by atoms with Gasteiger partial charge in [-0.3, -0.25) is 4.90 Å². The molecule has 3 heterocycles. The van der Waals surface area contributed by atoms with Crippen LogP contribution in [-0.4, -0.2) is 48.4 Å². The molecule has 5 rings (SSSR count). The Kier molecular flexibility index (Phi) is 5.73. The normalized spacial score (nSPS) is 22.9. The molecule has 1 saturated heterocycles. The van der Waals surface area contributed by atoms with E-state index in [1.54, 1.807) is 7.11 Å². The number of ether oxygens (including phenoxy) is 1. The molecule has 0 N–H and O–H groups in total. The van der Waals surface area contributed by atoms with E-state index in [9.17, 15) is 0 Å². The summed E-state index contributed by atoms with van der Waals surface area (Å²) in [6.45, 7) is 5.51. The maximum Gasteiger partial charge on any atom is 0.142 e. The lowest BCUT2D eigenvalue weighted by molar-refractivity contribution is 0.330. The summed E-state index contributed by atoms with van der Waals surface area (Å²) in [6.07, 6.45) is 9.54. The summed E-state index contributed by atoms with van der Waals surface area (Å²) in [5.41, 5.74) is 2.66. The standard InChI is InChI=1S/C23H32N4OS/c1-28-20-11-7-10-18-19(15-27(22(18)20)14-17-8-3-2-4-9-17)23-25-24-21(29-23)16-26-12-5-6-13-26/h7,10-11,17,19H,2-6,8-9,12-16H2,1H3. The second-order valence-corrected chi connectivity index (χ2v) is 9.97. The first-order valence-corrected chi connectivity index (χ1v) is 12.1. The summed E-state index contributed by atoms with van der Waals surface area (Å²) in [5, 5.41) is 11.5. The molecule has 2 fully saturated rings. The molecule has 156 valence electrons. The molecule has 0 radical (unpaired) electrons. The fourth-order valence-corrected chi connectivity index (χ4v) is 6.39. The lowest BCUT2D eigenvalue weighted by atomic mass is 9.89. The first-order valence-electron chi connectivity index (χ1n) is 11.3. The van der Waals surface area contributed by atoms with Crippen molar-refractivity contribution in [3.8, 4) is 5.75 Å². The quantitative estimate of drug-likeness (QED) is 0.689. The number of para-hydroxylation sites is 1. The summed E-state index contributed by atoms with van der Waals surface area (Å²) in [5.74, 6) is 2.12. The lowest BCUT2D eigenvalue weighted by Gasteiger charge is -2.29. The Morgan fingerprint density at radius 2 is 1.90 bits per heavy atom. The van der Waals surface area contributed by atoms with Crippen LogP contribution in [0.2, 0.25) is 0 Å². The van der Waals surface area contributed by atoms with Crippen molar-refractivity contribution in [1.82, 2.24) is 15.1 Å². The van der Waals surface area contributed by atoms with Crippen LogP contribution in [0.4, 0.5) is 5.69 Å². The van der Waals surface area contributed by atoms with Crippen LogP contribution in [0.3, 0.4) is 0 Å². The third-order valence-corrected chi connectivity index (χ3v) is 7.91. The van der Waals surface area contributed by atoms with Gasteiger partial charge in [-0.05, 0) is 56.3 Å². The number of benzene rings is 1. The van der Waals surface area contributed by atoms with Crippen molar-refractivity contribution >= 4 is 17.0 Å². The Labute approximate surface area is 178 Å². The van der Waals surface area contributed by atoms with Crippen LogP contribution in [0, 0.1) is 5.92 Å². The minimum Gasteiger partial charge on any atom is -0.495 e. The molecule has 1 aromatic carbocycles. The van der Waals surface area contributed by atoms with Crippen LogP contribution >= 0.6 is 11.3 Å². The molecule has 1 aromatic heterocycles. The molecule has 1 aliphatic carbocycles. The number of methoxy groups -OCH3 is 1. The van der Waals surface area contributed by atoms with Gasteiger partial charge >= 0.3 is 0 Å². The number of anilines is 1. The fraction of sp³-hybridized carbons (Fsp3) is 0.652. The van der Waals surface area contributed by atoms with Crippen molar-refractivity contribution in [3.05, 3.63) is 33.8 Å². The Morgan fingerprint density at radius 1 is 1.07 bits per heavy atom. The van der Waals surface area contributed by atoms with E-state index in [4.69, 9.17) is 4.74 Å². The molecule has 2 aliphatic heterocycles. The van der Waals surface area contributed by atoms with Crippen LogP contribution in [0.25, 0.3) is 0 Å². The van der Waals surface area contributed by atoms with Gasteiger partial charge in [-0.1, -0.05) is 42.7 Å². The highest BCUT2D eigenvalue weighted by Crippen LogP contribution is 2.46. The third kappa shape index (κ3) is 4.02. The van der Waals surface area contributed by atoms with Gasteiger partial charge in [0.15, 0.2) is 0 Å². The van der Waals surface area contributed by atoms with Crippen LogP contribution < -0.4 is 9.64 Å². The topological polar surface area (TPSA) is 41.5 Å². The van der Waals surface area contributed by atoms with Crippen LogP contribution in [0.1, 0.15) is 66.4 Å². The molecule has 0 amide bonds. The molecule has 1 atom stereocenters. The minimum atomic E-state index is 0.313. The smallest absolute Gasteiger partial charge is 0.142 e. The Morgan fingerprint density at radius 3 is 2.69 bits per heavy atom. The number of likely N-dealkylation sites (tertiary alicyclic amines) is 1. The summed E-state index contributed by atoms with van der Waals surface area (Å²) < 4.78 is 5.77. The van der Waals surface area contributed by atoms with Gasteiger partial charge in [0, 0.05) is 13.1 Å². The Hall–Kier alpha value is -1.66. The van der Waals surface area contributed by atoms with E-state index in [0.717, 1.165) is 36.3 Å². The van der Waals surface area contributed by atoms with Crippen molar-refractivity contribution in [2.75, 3.05) is 38.2 Å². The summed E-state index contributed by atoms with van der Waals surface area (Å²) in [7, 11) is 1.79. The van der Waals surface area contributed by atoms with E-state index in [1.807, 2.05) is 11.3 Å². The second-order valence-electron chi connectivity index (χ2n) is 8.88. The predicted molar refractivity (Wildman–Crippen MR) is 118 cm³/mol. The van der Waals surface area contributed by atoms with Gasteiger partial charge in [0.25, 0.3) is 0 Å².